The molecule has 1 heterocycles. The van der Waals surface area contributed by atoms with E-state index in [9.17, 15) is 0 Å². The van der Waals surface area contributed by atoms with Crippen LogP contribution in [0.25, 0.3) is 0 Å². The smallest absolute Gasteiger partial charge is 0.191 e. The summed E-state index contributed by atoms with van der Waals surface area (Å²) in [4.78, 5) is 10.4. The lowest BCUT2D eigenvalue weighted by Gasteiger charge is -2.12. The molecule has 0 aliphatic rings. The molecule has 0 aliphatic heterocycles. The van der Waals surface area contributed by atoms with Crippen molar-refractivity contribution in [2.45, 2.75) is 33.6 Å². The highest BCUT2D eigenvalue weighted by Crippen LogP contribution is 2.13. The van der Waals surface area contributed by atoms with Crippen molar-refractivity contribution in [3.8, 4) is 5.75 Å². The average Bonchev–Trinajstić information content (AvgIpc) is 3.07. The molecule has 0 amide bonds. The van der Waals surface area contributed by atoms with Gasteiger partial charge in [-0.2, -0.15) is 0 Å². The van der Waals surface area contributed by atoms with Gasteiger partial charge < -0.3 is 15.4 Å². The number of aryl methyl sites for hydroxylation is 2. The Hall–Kier alpha value is -2.08. The van der Waals surface area contributed by atoms with Gasteiger partial charge in [0.2, 0.25) is 0 Å². The fraction of sp³-hybridized carbons (Fsp3) is 0.474. The molecule has 0 aliphatic carbocycles. The number of hydrogen-bond acceptors (Lipinski definition) is 4. The van der Waals surface area contributed by atoms with E-state index in [1.807, 2.05) is 24.4 Å². The van der Waals surface area contributed by atoms with E-state index in [1.54, 1.807) is 11.3 Å². The minimum Gasteiger partial charge on any atom is -0.492 e. The Kier molecular flexibility index (Phi) is 8.25. The summed E-state index contributed by atoms with van der Waals surface area (Å²) in [7, 11) is 0. The second-order valence-electron chi connectivity index (χ2n) is 5.68. The molecule has 0 spiro atoms. The highest BCUT2D eigenvalue weighted by molar-refractivity contribution is 7.11. The molecular weight excluding hydrogens is 332 g/mol. The summed E-state index contributed by atoms with van der Waals surface area (Å²) in [6.07, 6.45) is 3.89. The fourth-order valence-corrected chi connectivity index (χ4v) is 3.13. The van der Waals surface area contributed by atoms with Crippen molar-refractivity contribution in [1.82, 2.24) is 15.6 Å². The number of aliphatic imine (C=N–C) groups is 1. The van der Waals surface area contributed by atoms with E-state index in [4.69, 9.17) is 4.74 Å². The summed E-state index contributed by atoms with van der Waals surface area (Å²) >= 11 is 1.78. The van der Waals surface area contributed by atoms with Crippen LogP contribution in [-0.4, -0.2) is 37.2 Å². The lowest BCUT2D eigenvalue weighted by molar-refractivity contribution is 0.321. The first-order chi connectivity index (χ1) is 12.2. The summed E-state index contributed by atoms with van der Waals surface area (Å²) in [5.41, 5.74) is 1.20. The monoisotopic (exact) mass is 360 g/mol. The van der Waals surface area contributed by atoms with Gasteiger partial charge in [0.25, 0.3) is 0 Å². The van der Waals surface area contributed by atoms with E-state index in [0.29, 0.717) is 13.2 Å². The quantitative estimate of drug-likeness (QED) is 0.410. The number of aromatic nitrogens is 1. The van der Waals surface area contributed by atoms with Crippen molar-refractivity contribution >= 4 is 17.3 Å². The van der Waals surface area contributed by atoms with Gasteiger partial charge in [-0.1, -0.05) is 19.1 Å². The molecule has 136 valence electrons. The maximum absolute atomic E-state index is 5.75. The first-order valence-electron chi connectivity index (χ1n) is 8.86. The van der Waals surface area contributed by atoms with Crippen LogP contribution in [0.15, 0.2) is 35.5 Å². The molecule has 0 fully saturated rings. The Morgan fingerprint density at radius 1 is 1.28 bits per heavy atom. The second kappa shape index (κ2) is 10.7. The Balaban J connectivity index is 1.73. The number of nitrogens with zero attached hydrogens (tertiary/aromatic N) is 2. The van der Waals surface area contributed by atoms with E-state index in [2.05, 4.69) is 47.4 Å². The zero-order valence-electron chi connectivity index (χ0n) is 15.3. The lowest BCUT2D eigenvalue weighted by atomic mass is 10.2. The number of benzene rings is 1. The van der Waals surface area contributed by atoms with Gasteiger partial charge in [-0.25, -0.2) is 4.98 Å². The minimum absolute atomic E-state index is 0.597. The standard InChI is InChI=1S/C19H28N4OS/c1-4-17-14-23-18(25-17)9-10-21-19(20-5-2)22-11-12-24-16-8-6-7-15(3)13-16/h6-8,13-14H,4-5,9-12H2,1-3H3,(H2,20,21,22). The molecule has 0 radical (unpaired) electrons. The molecule has 0 bridgehead atoms. The number of ether oxygens (including phenoxy) is 1. The molecule has 6 heteroatoms. The van der Waals surface area contributed by atoms with Crippen LogP contribution in [0.4, 0.5) is 0 Å². The Morgan fingerprint density at radius 2 is 2.16 bits per heavy atom. The lowest BCUT2D eigenvalue weighted by Crippen LogP contribution is -2.39. The van der Waals surface area contributed by atoms with E-state index in [1.165, 1.54) is 10.4 Å². The number of guanidine groups is 1. The van der Waals surface area contributed by atoms with Crippen LogP contribution < -0.4 is 15.4 Å². The highest BCUT2D eigenvalue weighted by Gasteiger charge is 2.01. The second-order valence-corrected chi connectivity index (χ2v) is 6.88. The topological polar surface area (TPSA) is 58.5 Å². The van der Waals surface area contributed by atoms with Crippen LogP contribution in [-0.2, 0) is 12.8 Å². The molecule has 25 heavy (non-hydrogen) atoms. The van der Waals surface area contributed by atoms with Gasteiger partial charge in [0, 0.05) is 30.6 Å². The zero-order valence-corrected chi connectivity index (χ0v) is 16.2. The Bertz CT molecular complexity index is 669. The van der Waals surface area contributed by atoms with Crippen LogP contribution in [0.1, 0.15) is 29.3 Å². The van der Waals surface area contributed by atoms with Crippen molar-refractivity contribution in [2.75, 3.05) is 26.2 Å². The molecule has 0 atom stereocenters. The number of nitrogens with one attached hydrogen (secondary N) is 2. The third-order valence-corrected chi connectivity index (χ3v) is 4.74. The van der Waals surface area contributed by atoms with Gasteiger partial charge in [-0.3, -0.25) is 4.99 Å². The summed E-state index contributed by atoms with van der Waals surface area (Å²) in [5, 5.41) is 7.72. The number of hydrogen-bond donors (Lipinski definition) is 2. The summed E-state index contributed by atoms with van der Waals surface area (Å²) in [6, 6.07) is 8.09. The van der Waals surface area contributed by atoms with Crippen LogP contribution >= 0.6 is 11.3 Å². The zero-order chi connectivity index (χ0) is 17.9. The maximum atomic E-state index is 5.75. The third-order valence-electron chi connectivity index (χ3n) is 3.54. The molecule has 0 saturated heterocycles. The molecule has 2 aromatic rings. The predicted octanol–water partition coefficient (Wildman–Crippen LogP) is 3.19. The normalized spacial score (nSPS) is 11.4. The van der Waals surface area contributed by atoms with Gasteiger partial charge in [-0.05, 0) is 38.0 Å². The average molecular weight is 361 g/mol. The van der Waals surface area contributed by atoms with Gasteiger partial charge in [0.1, 0.15) is 12.4 Å². The molecule has 1 aromatic heterocycles. The van der Waals surface area contributed by atoms with Crippen molar-refractivity contribution in [3.63, 3.8) is 0 Å². The third kappa shape index (κ3) is 7.13. The van der Waals surface area contributed by atoms with Crippen LogP contribution in [0.5, 0.6) is 5.75 Å². The maximum Gasteiger partial charge on any atom is 0.191 e. The molecule has 2 rings (SSSR count). The molecule has 2 N–H and O–H groups in total. The first-order valence-corrected chi connectivity index (χ1v) is 9.68. The summed E-state index contributed by atoms with van der Waals surface area (Å²) < 4.78 is 5.75. The molecule has 5 nitrogen and oxygen atoms in total. The van der Waals surface area contributed by atoms with Crippen LogP contribution in [0.2, 0.25) is 0 Å². The van der Waals surface area contributed by atoms with Crippen molar-refractivity contribution in [2.24, 2.45) is 4.99 Å². The van der Waals surface area contributed by atoms with Crippen molar-refractivity contribution < 1.29 is 4.74 Å². The van der Waals surface area contributed by atoms with E-state index in [-0.39, 0.29) is 0 Å². The Labute approximate surface area is 154 Å². The van der Waals surface area contributed by atoms with E-state index >= 15 is 0 Å². The summed E-state index contributed by atoms with van der Waals surface area (Å²) in [6.45, 7) is 9.15. The van der Waals surface area contributed by atoms with Crippen LogP contribution in [0.3, 0.4) is 0 Å². The summed E-state index contributed by atoms with van der Waals surface area (Å²) in [5.74, 6) is 1.72. The molecule has 0 unspecified atom stereocenters. The number of thiazole rings is 1. The van der Waals surface area contributed by atoms with Gasteiger partial charge in [-0.15, -0.1) is 11.3 Å². The fourth-order valence-electron chi connectivity index (χ4n) is 2.28. The van der Waals surface area contributed by atoms with Gasteiger partial charge in [0.15, 0.2) is 5.96 Å². The molecule has 1 aromatic carbocycles. The van der Waals surface area contributed by atoms with Crippen LogP contribution in [0, 0.1) is 6.92 Å². The SMILES string of the molecule is CCNC(=NCCc1ncc(CC)s1)NCCOc1cccc(C)c1. The van der Waals surface area contributed by atoms with Crippen molar-refractivity contribution in [1.29, 1.82) is 0 Å². The van der Waals surface area contributed by atoms with E-state index in [0.717, 1.165) is 42.6 Å². The van der Waals surface area contributed by atoms with Gasteiger partial charge >= 0.3 is 0 Å². The minimum atomic E-state index is 0.597. The molecular formula is C19H28N4OS. The van der Waals surface area contributed by atoms with E-state index < -0.39 is 0 Å². The first kappa shape index (κ1) is 19.2. The Morgan fingerprint density at radius 3 is 2.88 bits per heavy atom. The van der Waals surface area contributed by atoms with Gasteiger partial charge in [0.05, 0.1) is 11.6 Å². The molecule has 0 saturated carbocycles. The predicted molar refractivity (Wildman–Crippen MR) is 106 cm³/mol. The van der Waals surface area contributed by atoms with Crippen molar-refractivity contribution in [3.05, 3.63) is 45.9 Å². The highest BCUT2D eigenvalue weighted by atomic mass is 32.1. The number of rotatable bonds is 9. The largest absolute Gasteiger partial charge is 0.492 e.